The van der Waals surface area contributed by atoms with Crippen molar-refractivity contribution in [1.29, 1.82) is 0 Å². The number of carbonyl (C=O) groups excluding carboxylic acids is 1. The molecule has 1 aromatic rings. The molecule has 0 aliphatic heterocycles. The maximum atomic E-state index is 13.6. The lowest BCUT2D eigenvalue weighted by Crippen LogP contribution is -2.16. The van der Waals surface area contributed by atoms with Gasteiger partial charge in [0.25, 0.3) is 0 Å². The van der Waals surface area contributed by atoms with Crippen molar-refractivity contribution in [2.45, 2.75) is 116 Å². The minimum Gasteiger partial charge on any atom is -0.420 e. The Morgan fingerprint density at radius 2 is 0.485 bits per heavy atom. The second-order valence-corrected chi connectivity index (χ2v) is 15.8. The van der Waals surface area contributed by atoms with E-state index in [2.05, 4.69) is 11.7 Å². The van der Waals surface area contributed by atoms with E-state index in [1.165, 1.54) is 96.3 Å². The number of benzene rings is 1. The van der Waals surface area contributed by atoms with Crippen LogP contribution < -0.4 is 4.74 Å². The number of ether oxygens (including phenoxy) is 13. The van der Waals surface area contributed by atoms with E-state index in [4.69, 9.17) is 56.8 Å². The van der Waals surface area contributed by atoms with Crippen LogP contribution in [0.2, 0.25) is 0 Å². The van der Waals surface area contributed by atoms with Gasteiger partial charge in [-0.2, -0.15) is 8.78 Å². The van der Waals surface area contributed by atoms with Crippen LogP contribution in [0.3, 0.4) is 0 Å². The first-order valence-corrected chi connectivity index (χ1v) is 25.0. The van der Waals surface area contributed by atoms with Crippen molar-refractivity contribution in [1.82, 2.24) is 0 Å². The van der Waals surface area contributed by atoms with Gasteiger partial charge in [-0.25, -0.2) is 13.2 Å². The Morgan fingerprint density at radius 1 is 0.279 bits per heavy atom. The largest absolute Gasteiger partial charge is 0.420 e. The number of unbranched alkanes of at least 4 members (excludes halogenated alkanes) is 15. The van der Waals surface area contributed by atoms with E-state index in [1.54, 1.807) is 0 Å². The van der Waals surface area contributed by atoms with Crippen LogP contribution in [0.15, 0.2) is 0 Å². The van der Waals surface area contributed by atoms with Crippen LogP contribution in [0.25, 0.3) is 0 Å². The number of halogens is 5. The van der Waals surface area contributed by atoms with Crippen molar-refractivity contribution in [3.63, 3.8) is 0 Å². The van der Waals surface area contributed by atoms with E-state index in [0.717, 1.165) is 13.0 Å². The molecule has 0 radical (unpaired) electrons. The lowest BCUT2D eigenvalue weighted by molar-refractivity contribution is -0.136. The molecule has 0 aliphatic carbocycles. The zero-order chi connectivity index (χ0) is 49.2. The number of hydrogen-bond donors (Lipinski definition) is 0. The normalized spacial score (nSPS) is 11.6. The first-order valence-electron chi connectivity index (χ1n) is 25.0. The molecule has 0 fully saturated rings. The summed E-state index contributed by atoms with van der Waals surface area (Å²) in [6, 6.07) is 0. The van der Waals surface area contributed by atoms with E-state index >= 15 is 0 Å². The van der Waals surface area contributed by atoms with Gasteiger partial charge < -0.3 is 61.6 Å². The average molecular weight is 993 g/mol. The third kappa shape index (κ3) is 39.6. The molecular formula is C49H85F5O14. The first kappa shape index (κ1) is 63.9. The van der Waals surface area contributed by atoms with Gasteiger partial charge in [0.1, 0.15) is 0 Å². The highest BCUT2D eigenvalue weighted by molar-refractivity contribution is 5.72. The summed E-state index contributed by atoms with van der Waals surface area (Å²) < 4.78 is 136. The van der Waals surface area contributed by atoms with E-state index in [1.807, 2.05) is 0 Å². The van der Waals surface area contributed by atoms with E-state index in [9.17, 15) is 26.7 Å². The topological polar surface area (TPSA) is 137 Å². The molecular weight excluding hydrogens is 908 g/mol. The van der Waals surface area contributed by atoms with Gasteiger partial charge in [0.05, 0.1) is 158 Å². The van der Waals surface area contributed by atoms with Gasteiger partial charge in [-0.15, -0.1) is 0 Å². The van der Waals surface area contributed by atoms with E-state index in [-0.39, 0.29) is 26.4 Å². The molecule has 0 amide bonds. The van der Waals surface area contributed by atoms with Crippen molar-refractivity contribution in [2.75, 3.05) is 159 Å². The molecule has 1 aromatic carbocycles. The maximum Gasteiger partial charge on any atom is 0.313 e. The van der Waals surface area contributed by atoms with Gasteiger partial charge in [0.2, 0.25) is 34.8 Å². The molecule has 0 atom stereocenters. The maximum absolute atomic E-state index is 13.6. The summed E-state index contributed by atoms with van der Waals surface area (Å²) in [7, 11) is 0. The fraction of sp³-hybridized carbons (Fsp3) is 0.857. The minimum atomic E-state index is -2.35. The van der Waals surface area contributed by atoms with Crippen LogP contribution in [0.1, 0.15) is 116 Å². The Hall–Kier alpha value is -2.14. The SMILES string of the molecule is CCCCCCCCCCCCCCCCCCOCCOCCOCCOCCOCCOCCOCCOCCOCCOCCOCCOCCC(=O)Oc1c(F)c(F)c(F)c(F)c1F. The molecule has 19 heteroatoms. The number of rotatable bonds is 54. The Bertz CT molecular complexity index is 1250. The molecule has 68 heavy (non-hydrogen) atoms. The van der Waals surface area contributed by atoms with Gasteiger partial charge in [-0.05, 0) is 6.42 Å². The second kappa shape index (κ2) is 49.8. The van der Waals surface area contributed by atoms with E-state index < -0.39 is 47.2 Å². The van der Waals surface area contributed by atoms with Crippen molar-refractivity contribution in [3.05, 3.63) is 29.1 Å². The predicted molar refractivity (Wildman–Crippen MR) is 246 cm³/mol. The minimum absolute atomic E-state index is 0.0800. The van der Waals surface area contributed by atoms with Crippen molar-refractivity contribution in [2.24, 2.45) is 0 Å². The summed E-state index contributed by atoms with van der Waals surface area (Å²) in [5, 5.41) is 0. The molecule has 0 N–H and O–H groups in total. The molecule has 0 unspecified atom stereocenters. The Balaban J connectivity index is 1.66. The van der Waals surface area contributed by atoms with Gasteiger partial charge >= 0.3 is 5.97 Å². The number of hydrogen-bond acceptors (Lipinski definition) is 14. The average Bonchev–Trinajstić information content (AvgIpc) is 3.34. The monoisotopic (exact) mass is 993 g/mol. The lowest BCUT2D eigenvalue weighted by Gasteiger charge is -2.09. The predicted octanol–water partition coefficient (Wildman–Crippen LogP) is 9.14. The third-order valence-electron chi connectivity index (χ3n) is 10.1. The van der Waals surface area contributed by atoms with Crippen molar-refractivity contribution in [3.8, 4) is 5.75 Å². The third-order valence-corrected chi connectivity index (χ3v) is 10.1. The molecule has 0 aromatic heterocycles. The fourth-order valence-electron chi connectivity index (χ4n) is 6.27. The van der Waals surface area contributed by atoms with Crippen LogP contribution in [0.4, 0.5) is 22.0 Å². The fourth-order valence-corrected chi connectivity index (χ4v) is 6.27. The molecule has 14 nitrogen and oxygen atoms in total. The lowest BCUT2D eigenvalue weighted by atomic mass is 10.0. The van der Waals surface area contributed by atoms with Crippen molar-refractivity contribution < 1.29 is 88.3 Å². The molecule has 0 heterocycles. The van der Waals surface area contributed by atoms with Gasteiger partial charge in [0, 0.05) is 6.61 Å². The summed E-state index contributed by atoms with van der Waals surface area (Å²) in [6.45, 7) is 12.2. The summed E-state index contributed by atoms with van der Waals surface area (Å²) in [5.74, 6) is -14.1. The molecule has 0 saturated heterocycles. The van der Waals surface area contributed by atoms with Gasteiger partial charge in [0.15, 0.2) is 0 Å². The zero-order valence-electron chi connectivity index (χ0n) is 41.1. The molecule has 0 aliphatic rings. The molecule has 1 rings (SSSR count). The van der Waals surface area contributed by atoms with Crippen molar-refractivity contribution >= 4 is 5.97 Å². The number of carbonyl (C=O) groups is 1. The van der Waals surface area contributed by atoms with Crippen LogP contribution >= 0.6 is 0 Å². The summed E-state index contributed by atoms with van der Waals surface area (Å²) in [5.41, 5.74) is 0. The van der Waals surface area contributed by atoms with E-state index in [0.29, 0.717) is 126 Å². The second-order valence-electron chi connectivity index (χ2n) is 15.8. The molecule has 0 bridgehead atoms. The van der Waals surface area contributed by atoms with Gasteiger partial charge in [-0.3, -0.25) is 4.79 Å². The quantitative estimate of drug-likeness (QED) is 0.0153. The highest BCUT2D eigenvalue weighted by Gasteiger charge is 2.28. The standard InChI is InChI=1S/C49H85F5O14/c1-2-3-4-5-6-7-8-9-10-11-12-13-14-15-16-17-19-56-21-23-58-25-27-60-29-31-62-33-35-64-37-39-66-41-42-67-40-38-65-36-34-63-32-30-61-28-26-59-24-22-57-20-18-43(55)68-49-47(53)45(51)44(50)46(52)48(49)54/h2-42H2,1H3. The van der Waals surface area contributed by atoms with Crippen LogP contribution in [0, 0.1) is 29.1 Å². The smallest absolute Gasteiger partial charge is 0.313 e. The zero-order valence-corrected chi connectivity index (χ0v) is 41.1. The molecule has 0 saturated carbocycles. The summed E-state index contributed by atoms with van der Waals surface area (Å²) >= 11 is 0. The Labute approximate surface area is 403 Å². The Kier molecular flexibility index (Phi) is 46.8. The van der Waals surface area contributed by atoms with Crippen LogP contribution in [0.5, 0.6) is 5.75 Å². The van der Waals surface area contributed by atoms with Crippen LogP contribution in [-0.4, -0.2) is 165 Å². The summed E-state index contributed by atoms with van der Waals surface area (Å²) in [6.07, 6.45) is 21.5. The molecule has 0 spiro atoms. The summed E-state index contributed by atoms with van der Waals surface area (Å²) in [4.78, 5) is 11.7. The van der Waals surface area contributed by atoms with Crippen LogP contribution in [-0.2, 0) is 61.6 Å². The van der Waals surface area contributed by atoms with Gasteiger partial charge in [-0.1, -0.05) is 103 Å². The number of esters is 1. The Morgan fingerprint density at radius 3 is 0.750 bits per heavy atom. The highest BCUT2D eigenvalue weighted by atomic mass is 19.2. The highest BCUT2D eigenvalue weighted by Crippen LogP contribution is 2.29. The first-order chi connectivity index (χ1) is 33.4. The molecule has 400 valence electrons.